The van der Waals surface area contributed by atoms with Crippen LogP contribution >= 0.6 is 0 Å². The Morgan fingerprint density at radius 2 is 2.20 bits per heavy atom. The second kappa shape index (κ2) is 6.10. The lowest BCUT2D eigenvalue weighted by molar-refractivity contribution is 0.118. The predicted molar refractivity (Wildman–Crippen MR) is 83.1 cm³/mol. The van der Waals surface area contributed by atoms with Gasteiger partial charge in [-0.25, -0.2) is 0 Å². The Morgan fingerprint density at radius 3 is 2.80 bits per heavy atom. The number of rotatable bonds is 4. The molecular formula is C16H27N3O. The maximum absolute atomic E-state index is 5.68. The summed E-state index contributed by atoms with van der Waals surface area (Å²) in [4.78, 5) is 6.62. The molecule has 0 radical (unpaired) electrons. The summed E-state index contributed by atoms with van der Waals surface area (Å²) in [5, 5.41) is 3.55. The van der Waals surface area contributed by atoms with Crippen molar-refractivity contribution in [2.75, 3.05) is 18.6 Å². The van der Waals surface area contributed by atoms with E-state index in [0.29, 0.717) is 6.04 Å². The maximum atomic E-state index is 5.68. The van der Waals surface area contributed by atoms with Gasteiger partial charge in [-0.05, 0) is 45.7 Å². The minimum atomic E-state index is 0.114. The van der Waals surface area contributed by atoms with Gasteiger partial charge in [0.2, 0.25) is 0 Å². The largest absolute Gasteiger partial charge is 0.376 e. The summed E-state index contributed by atoms with van der Waals surface area (Å²) in [6.45, 7) is 10.4. The molecule has 0 amide bonds. The summed E-state index contributed by atoms with van der Waals surface area (Å²) in [7, 11) is 2.15. The van der Waals surface area contributed by atoms with E-state index < -0.39 is 0 Å². The lowest BCUT2D eigenvalue weighted by Crippen LogP contribution is -2.39. The molecule has 112 valence electrons. The third-order valence-electron chi connectivity index (χ3n) is 3.91. The van der Waals surface area contributed by atoms with Gasteiger partial charge in [-0.1, -0.05) is 0 Å². The molecule has 1 aliphatic rings. The van der Waals surface area contributed by atoms with E-state index in [-0.39, 0.29) is 11.6 Å². The van der Waals surface area contributed by atoms with Crippen molar-refractivity contribution in [3.05, 3.63) is 24.0 Å². The Balaban J connectivity index is 2.14. The van der Waals surface area contributed by atoms with Crippen LogP contribution in [0.2, 0.25) is 0 Å². The average Bonchev–Trinajstić information content (AvgIpc) is 2.81. The van der Waals surface area contributed by atoms with E-state index in [9.17, 15) is 0 Å². The Hall–Kier alpha value is -1.13. The van der Waals surface area contributed by atoms with E-state index in [0.717, 1.165) is 19.6 Å². The van der Waals surface area contributed by atoms with E-state index in [4.69, 9.17) is 4.74 Å². The first-order chi connectivity index (χ1) is 9.38. The summed E-state index contributed by atoms with van der Waals surface area (Å²) in [6, 6.07) is 2.54. The monoisotopic (exact) mass is 277 g/mol. The zero-order valence-electron chi connectivity index (χ0n) is 13.3. The number of ether oxygens (including phenoxy) is 1. The van der Waals surface area contributed by atoms with E-state index >= 15 is 0 Å². The van der Waals surface area contributed by atoms with Crippen LogP contribution in [0.5, 0.6) is 0 Å². The third-order valence-corrected chi connectivity index (χ3v) is 3.91. The number of nitrogens with one attached hydrogen (secondary N) is 1. The zero-order chi connectivity index (χ0) is 14.8. The number of hydrogen-bond acceptors (Lipinski definition) is 4. The zero-order valence-corrected chi connectivity index (χ0v) is 13.3. The molecule has 4 heteroatoms. The smallest absolute Gasteiger partial charge is 0.0750 e. The van der Waals surface area contributed by atoms with Gasteiger partial charge < -0.3 is 15.0 Å². The summed E-state index contributed by atoms with van der Waals surface area (Å²) in [5.74, 6) is 0. The first kappa shape index (κ1) is 15.3. The highest BCUT2D eigenvalue weighted by Gasteiger charge is 2.29. The number of hydrogen-bond donors (Lipinski definition) is 1. The molecule has 1 fully saturated rings. The van der Waals surface area contributed by atoms with E-state index in [1.165, 1.54) is 11.3 Å². The van der Waals surface area contributed by atoms with Crippen molar-refractivity contribution in [2.45, 2.75) is 58.3 Å². The van der Waals surface area contributed by atoms with Gasteiger partial charge in [-0.2, -0.15) is 0 Å². The van der Waals surface area contributed by atoms with Crippen LogP contribution in [0.1, 0.15) is 39.7 Å². The van der Waals surface area contributed by atoms with Crippen molar-refractivity contribution in [2.24, 2.45) is 0 Å². The number of likely N-dealkylation sites (N-methyl/N-ethyl adjacent to an activating group) is 1. The van der Waals surface area contributed by atoms with Crippen molar-refractivity contribution in [1.82, 2.24) is 10.3 Å². The van der Waals surface area contributed by atoms with E-state index in [1.54, 1.807) is 0 Å². The molecule has 20 heavy (non-hydrogen) atoms. The van der Waals surface area contributed by atoms with Crippen molar-refractivity contribution < 1.29 is 4.74 Å². The summed E-state index contributed by atoms with van der Waals surface area (Å²) in [5.41, 5.74) is 2.60. The van der Waals surface area contributed by atoms with Gasteiger partial charge in [-0.15, -0.1) is 0 Å². The summed E-state index contributed by atoms with van der Waals surface area (Å²) < 4.78 is 5.68. The molecule has 2 rings (SSSR count). The van der Waals surface area contributed by atoms with Crippen LogP contribution in [-0.2, 0) is 11.3 Å². The molecule has 0 spiro atoms. The van der Waals surface area contributed by atoms with E-state index in [1.807, 2.05) is 12.4 Å². The number of nitrogens with zero attached hydrogens (tertiary/aromatic N) is 2. The van der Waals surface area contributed by atoms with Gasteiger partial charge in [0.05, 0.1) is 24.0 Å². The van der Waals surface area contributed by atoms with Crippen LogP contribution in [0, 0.1) is 0 Å². The lowest BCUT2D eigenvalue weighted by atomic mass is 10.1. The first-order valence-corrected chi connectivity index (χ1v) is 7.41. The minimum Gasteiger partial charge on any atom is -0.376 e. The molecule has 1 N–H and O–H groups in total. The molecule has 4 nitrogen and oxygen atoms in total. The number of anilines is 1. The lowest BCUT2D eigenvalue weighted by Gasteiger charge is -2.31. The Morgan fingerprint density at radius 1 is 1.45 bits per heavy atom. The molecular weight excluding hydrogens is 250 g/mol. The quantitative estimate of drug-likeness (QED) is 0.918. The second-order valence-electron chi connectivity index (χ2n) is 6.65. The molecule has 0 saturated carbocycles. The molecule has 0 aliphatic carbocycles. The summed E-state index contributed by atoms with van der Waals surface area (Å²) >= 11 is 0. The maximum Gasteiger partial charge on any atom is 0.0750 e. The number of aromatic nitrogens is 1. The highest BCUT2D eigenvalue weighted by Crippen LogP contribution is 2.26. The molecule has 1 aromatic rings. The fraction of sp³-hybridized carbons (Fsp3) is 0.688. The van der Waals surface area contributed by atoms with Gasteiger partial charge in [0.15, 0.2) is 0 Å². The van der Waals surface area contributed by atoms with Crippen LogP contribution < -0.4 is 10.2 Å². The van der Waals surface area contributed by atoms with E-state index in [2.05, 4.69) is 56.0 Å². The van der Waals surface area contributed by atoms with Crippen molar-refractivity contribution >= 4 is 5.69 Å². The molecule has 1 saturated heterocycles. The van der Waals surface area contributed by atoms with Gasteiger partial charge in [0.25, 0.3) is 0 Å². The molecule has 2 unspecified atom stereocenters. The average molecular weight is 277 g/mol. The van der Waals surface area contributed by atoms with Gasteiger partial charge in [0.1, 0.15) is 0 Å². The van der Waals surface area contributed by atoms with Gasteiger partial charge >= 0.3 is 0 Å². The molecule has 1 aromatic heterocycles. The van der Waals surface area contributed by atoms with Crippen molar-refractivity contribution in [3.63, 3.8) is 0 Å². The first-order valence-electron chi connectivity index (χ1n) is 7.41. The Kier molecular flexibility index (Phi) is 4.66. The normalized spacial score (nSPS) is 23.1. The predicted octanol–water partition coefficient (Wildman–Crippen LogP) is 2.58. The highest BCUT2D eigenvalue weighted by atomic mass is 16.5. The standard InChI is InChI=1S/C16H27N3O/c1-12-14(7-9-20-12)19(5)15-11-17-8-6-13(15)10-18-16(2,3)4/h6,8,11-12,14,18H,7,9-10H2,1-5H3. The van der Waals surface area contributed by atoms with Crippen molar-refractivity contribution in [3.8, 4) is 0 Å². The van der Waals surface area contributed by atoms with Gasteiger partial charge in [-0.3, -0.25) is 4.98 Å². The van der Waals surface area contributed by atoms with Crippen LogP contribution in [0.25, 0.3) is 0 Å². The third kappa shape index (κ3) is 3.70. The molecule has 0 aromatic carbocycles. The van der Waals surface area contributed by atoms with Crippen LogP contribution in [0.15, 0.2) is 18.5 Å². The SMILES string of the molecule is CC1OCCC1N(C)c1cnccc1CNC(C)(C)C. The van der Waals surface area contributed by atoms with Crippen LogP contribution in [-0.4, -0.2) is 36.3 Å². The molecule has 1 aliphatic heterocycles. The minimum absolute atomic E-state index is 0.114. The Labute approximate surface area is 122 Å². The highest BCUT2D eigenvalue weighted by molar-refractivity contribution is 5.52. The van der Waals surface area contributed by atoms with Gasteiger partial charge in [0, 0.05) is 31.9 Å². The fourth-order valence-corrected chi connectivity index (χ4v) is 2.65. The topological polar surface area (TPSA) is 37.4 Å². The van der Waals surface area contributed by atoms with Crippen LogP contribution in [0.4, 0.5) is 5.69 Å². The number of pyridine rings is 1. The summed E-state index contributed by atoms with van der Waals surface area (Å²) in [6.07, 6.45) is 5.19. The fourth-order valence-electron chi connectivity index (χ4n) is 2.65. The van der Waals surface area contributed by atoms with Crippen molar-refractivity contribution in [1.29, 1.82) is 0 Å². The van der Waals surface area contributed by atoms with Crippen LogP contribution in [0.3, 0.4) is 0 Å². The molecule has 0 bridgehead atoms. The molecule has 2 atom stereocenters. The Bertz CT molecular complexity index is 442. The molecule has 2 heterocycles. The second-order valence-corrected chi connectivity index (χ2v) is 6.65.